The lowest BCUT2D eigenvalue weighted by Crippen LogP contribution is -2.24. The van der Waals surface area contributed by atoms with E-state index in [0.29, 0.717) is 27.3 Å². The molecular formula is C15H14F3IN4O. The van der Waals surface area contributed by atoms with Gasteiger partial charge in [-0.3, -0.25) is 0 Å². The van der Waals surface area contributed by atoms with Crippen molar-refractivity contribution < 1.29 is 18.3 Å². The minimum Gasteiger partial charge on any atom is -0.395 e. The first-order valence-electron chi connectivity index (χ1n) is 7.04. The van der Waals surface area contributed by atoms with Gasteiger partial charge < -0.3 is 13.5 Å². The summed E-state index contributed by atoms with van der Waals surface area (Å²) in [5, 5.41) is 9.03. The van der Waals surface area contributed by atoms with Crippen molar-refractivity contribution in [3.05, 3.63) is 47.3 Å². The summed E-state index contributed by atoms with van der Waals surface area (Å²) in [5.41, 5.74) is -0.140. The zero-order chi connectivity index (χ0) is 17.3. The maximum absolute atomic E-state index is 13.4. The van der Waals surface area contributed by atoms with E-state index in [1.807, 2.05) is 0 Å². The lowest BCUT2D eigenvalue weighted by molar-refractivity contribution is -0.137. The van der Waals surface area contributed by atoms with Crippen LogP contribution in [0.3, 0.4) is 0 Å². The monoisotopic (exact) mass is 450 g/mol. The lowest BCUT2D eigenvalue weighted by Gasteiger charge is -2.20. The van der Waals surface area contributed by atoms with Gasteiger partial charge in [-0.2, -0.15) is 13.2 Å². The van der Waals surface area contributed by atoms with Gasteiger partial charge in [0.1, 0.15) is 11.6 Å². The van der Waals surface area contributed by atoms with Crippen molar-refractivity contribution in [2.75, 3.05) is 28.6 Å². The number of likely N-dealkylation sites (N-methyl/N-ethyl adjacent to an activating group) is 1. The largest absolute Gasteiger partial charge is 0.418 e. The molecule has 0 fully saturated rings. The van der Waals surface area contributed by atoms with E-state index in [1.165, 1.54) is 6.07 Å². The van der Waals surface area contributed by atoms with Crippen LogP contribution in [-0.4, -0.2) is 38.8 Å². The van der Waals surface area contributed by atoms with Crippen LogP contribution in [0.1, 0.15) is 16.8 Å². The van der Waals surface area contributed by atoms with E-state index in [-0.39, 0.29) is 12.3 Å². The number of aliphatic hydroxyl groups excluding tert-OH is 1. The second-order valence-corrected chi connectivity index (χ2v) is 7.27. The maximum Gasteiger partial charge on any atom is 0.418 e. The minimum absolute atomic E-state index is 0.0585. The molecule has 0 spiro atoms. The molecule has 5 nitrogen and oxygen atoms in total. The van der Waals surface area contributed by atoms with Gasteiger partial charge in [0.2, 0.25) is 0 Å². The molecule has 1 aliphatic heterocycles. The molecular weight excluding hydrogens is 436 g/mol. The Bertz CT molecular complexity index is 795. The number of halogens is 4. The highest BCUT2D eigenvalue weighted by Crippen LogP contribution is 2.37. The molecule has 0 aliphatic carbocycles. The minimum atomic E-state index is -4.49. The van der Waals surface area contributed by atoms with E-state index in [4.69, 9.17) is 5.11 Å². The third-order valence-corrected chi connectivity index (χ3v) is 5.91. The molecule has 0 atom stereocenters. The Kier molecular flexibility index (Phi) is 4.72. The molecule has 0 radical (unpaired) electrons. The number of nitrogens with zero attached hydrogens (tertiary/aromatic N) is 3. The number of alkyl halides is 3. The van der Waals surface area contributed by atoms with Crippen molar-refractivity contribution in [1.29, 1.82) is 0 Å². The van der Waals surface area contributed by atoms with Gasteiger partial charge in [0.05, 0.1) is 21.4 Å². The van der Waals surface area contributed by atoms with Gasteiger partial charge in [-0.25, -0.2) is 9.97 Å². The fourth-order valence-corrected chi connectivity index (χ4v) is 4.64. The summed E-state index contributed by atoms with van der Waals surface area (Å²) in [5.74, 6) is 0.991. The van der Waals surface area contributed by atoms with Gasteiger partial charge in [0.25, 0.3) is 0 Å². The van der Waals surface area contributed by atoms with Gasteiger partial charge in [-0.15, -0.1) is 0 Å². The van der Waals surface area contributed by atoms with E-state index in [0.717, 1.165) is 6.07 Å². The second-order valence-electron chi connectivity index (χ2n) is 5.11. The van der Waals surface area contributed by atoms with Crippen LogP contribution in [0.5, 0.6) is 0 Å². The third kappa shape index (κ3) is 3.22. The summed E-state index contributed by atoms with van der Waals surface area (Å²) in [6, 6.07) is 5.83. The predicted octanol–water partition coefficient (Wildman–Crippen LogP) is 2.80. The van der Waals surface area contributed by atoms with E-state index in [1.54, 1.807) is 30.3 Å². The van der Waals surface area contributed by atoms with Crippen LogP contribution in [0.4, 0.5) is 24.8 Å². The fourth-order valence-electron chi connectivity index (χ4n) is 2.29. The van der Waals surface area contributed by atoms with Crippen molar-refractivity contribution in [3.8, 4) is 0 Å². The first-order chi connectivity index (χ1) is 11.4. The molecule has 0 amide bonds. The highest BCUT2D eigenvalue weighted by molar-refractivity contribution is 14.2. The van der Waals surface area contributed by atoms with Gasteiger partial charge in [0, 0.05) is 46.4 Å². The number of rotatable bonds is 4. The van der Waals surface area contributed by atoms with Gasteiger partial charge in [-0.1, -0.05) is 0 Å². The van der Waals surface area contributed by atoms with Crippen LogP contribution >= 0.6 is 21.0 Å². The number of nitrogens with one attached hydrogen (secondary N) is 1. The summed E-state index contributed by atoms with van der Waals surface area (Å²) in [6.45, 7) is 0.185. The molecule has 3 heterocycles. The van der Waals surface area contributed by atoms with Crippen LogP contribution in [0.25, 0.3) is 0 Å². The van der Waals surface area contributed by atoms with E-state index in [2.05, 4.69) is 13.5 Å². The summed E-state index contributed by atoms with van der Waals surface area (Å²) in [4.78, 5) is 10.0. The Balaban J connectivity index is 2.13. The molecule has 2 N–H and O–H groups in total. The molecule has 0 aromatic carbocycles. The number of hydrogen-bond donors (Lipinski definition) is 2. The van der Waals surface area contributed by atoms with Crippen LogP contribution in [0, 0.1) is 0 Å². The van der Waals surface area contributed by atoms with Crippen molar-refractivity contribution in [2.24, 2.45) is 0 Å². The van der Waals surface area contributed by atoms with Gasteiger partial charge >= 0.3 is 6.18 Å². The summed E-state index contributed by atoms with van der Waals surface area (Å²) in [6.07, 6.45) is -2.89. The molecule has 1 aliphatic rings. The average molecular weight is 450 g/mol. The molecule has 0 saturated carbocycles. The zero-order valence-electron chi connectivity index (χ0n) is 12.6. The fraction of sp³-hybridized carbons (Fsp3) is 0.267. The van der Waals surface area contributed by atoms with Crippen molar-refractivity contribution >= 4 is 36.1 Å². The maximum atomic E-state index is 13.4. The SMILES string of the molecule is CN(CCO)c1ccc(C(F)(F)F)c(C2=INc3ncccc32)n1. The normalized spacial score (nSPS) is 13.6. The Labute approximate surface area is 146 Å². The summed E-state index contributed by atoms with van der Waals surface area (Å²) < 4.78 is 44.0. The number of hydrogen-bond acceptors (Lipinski definition) is 5. The molecule has 3 rings (SSSR count). The van der Waals surface area contributed by atoms with E-state index in [9.17, 15) is 13.2 Å². The summed E-state index contributed by atoms with van der Waals surface area (Å²) >= 11 is -0.864. The Morgan fingerprint density at radius 2 is 2.08 bits per heavy atom. The third-order valence-electron chi connectivity index (χ3n) is 3.50. The topological polar surface area (TPSA) is 61.3 Å². The van der Waals surface area contributed by atoms with Gasteiger partial charge in [-0.05, 0) is 24.3 Å². The van der Waals surface area contributed by atoms with Crippen LogP contribution in [-0.2, 0) is 6.18 Å². The molecule has 128 valence electrons. The second kappa shape index (κ2) is 6.63. The molecule has 0 bridgehead atoms. The van der Waals surface area contributed by atoms with E-state index < -0.39 is 32.7 Å². The highest BCUT2D eigenvalue weighted by Gasteiger charge is 2.37. The standard InChI is InChI=1S/C15H14F3IN4O/c1-23(7-8-24)11-5-4-10(15(16,17)18)13(21-11)12-9-3-2-6-20-14(9)22-19-12/h2-6,24H,7-8H2,1H3,(H,20,22). The van der Waals surface area contributed by atoms with Crippen LogP contribution in [0.2, 0.25) is 0 Å². The average Bonchev–Trinajstić information content (AvgIpc) is 2.97. The van der Waals surface area contributed by atoms with Crippen molar-refractivity contribution in [3.63, 3.8) is 0 Å². The zero-order valence-corrected chi connectivity index (χ0v) is 14.8. The first kappa shape index (κ1) is 17.1. The highest BCUT2D eigenvalue weighted by atomic mass is 127. The van der Waals surface area contributed by atoms with Crippen LogP contribution in [0.15, 0.2) is 30.5 Å². The number of aromatic nitrogens is 2. The first-order valence-corrected chi connectivity index (χ1v) is 9.20. The number of aliphatic hydroxyl groups is 1. The number of anilines is 2. The Morgan fingerprint density at radius 1 is 1.29 bits per heavy atom. The number of pyridine rings is 2. The molecule has 0 saturated heterocycles. The quantitative estimate of drug-likeness (QED) is 0.555. The molecule has 2 aromatic rings. The van der Waals surface area contributed by atoms with E-state index >= 15 is 0 Å². The van der Waals surface area contributed by atoms with Crippen LogP contribution < -0.4 is 8.43 Å². The molecule has 2 aromatic heterocycles. The van der Waals surface area contributed by atoms with Crippen molar-refractivity contribution in [1.82, 2.24) is 9.97 Å². The number of fused-ring (bicyclic) bond motifs is 1. The Hall–Kier alpha value is -1.75. The van der Waals surface area contributed by atoms with Gasteiger partial charge in [0.15, 0.2) is 0 Å². The molecule has 0 unspecified atom stereocenters. The lowest BCUT2D eigenvalue weighted by atomic mass is 10.1. The predicted molar refractivity (Wildman–Crippen MR) is 94.7 cm³/mol. The molecule has 24 heavy (non-hydrogen) atoms. The Morgan fingerprint density at radius 3 is 2.79 bits per heavy atom. The molecule has 9 heteroatoms. The van der Waals surface area contributed by atoms with Crippen molar-refractivity contribution in [2.45, 2.75) is 6.18 Å². The smallest absolute Gasteiger partial charge is 0.395 e. The summed E-state index contributed by atoms with van der Waals surface area (Å²) in [7, 11) is 1.68.